The van der Waals surface area contributed by atoms with E-state index in [4.69, 9.17) is 4.74 Å². The minimum atomic E-state index is -0.196. The number of rotatable bonds is 4. The van der Waals surface area contributed by atoms with E-state index in [0.29, 0.717) is 18.1 Å². The summed E-state index contributed by atoms with van der Waals surface area (Å²) < 4.78 is 5.00. The second-order valence-corrected chi connectivity index (χ2v) is 3.29. The highest BCUT2D eigenvalue weighted by Crippen LogP contribution is 2.01. The third kappa shape index (κ3) is 4.94. The molecule has 0 saturated carbocycles. The van der Waals surface area contributed by atoms with Crippen molar-refractivity contribution >= 4 is 5.97 Å². The lowest BCUT2D eigenvalue weighted by molar-refractivity contribution is -0.139. The van der Waals surface area contributed by atoms with Gasteiger partial charge in [-0.05, 0) is 26.2 Å². The van der Waals surface area contributed by atoms with Gasteiger partial charge in [-0.15, -0.1) is 0 Å². The molecule has 0 bridgehead atoms. The van der Waals surface area contributed by atoms with Gasteiger partial charge in [-0.3, -0.25) is 0 Å². The molecule has 0 atom stereocenters. The van der Waals surface area contributed by atoms with E-state index in [1.54, 1.807) is 13.0 Å². The summed E-state index contributed by atoms with van der Waals surface area (Å²) in [7, 11) is 0. The summed E-state index contributed by atoms with van der Waals surface area (Å²) in [6.45, 7) is 8.34. The van der Waals surface area contributed by atoms with Crippen molar-refractivity contribution < 1.29 is 9.53 Å². The number of hydrogen-bond acceptors (Lipinski definition) is 2. The molecule has 0 saturated heterocycles. The van der Waals surface area contributed by atoms with Crippen LogP contribution in [0.15, 0.2) is 11.6 Å². The van der Waals surface area contributed by atoms with E-state index in [9.17, 15) is 4.79 Å². The topological polar surface area (TPSA) is 26.3 Å². The van der Waals surface area contributed by atoms with Gasteiger partial charge in [0.05, 0.1) is 6.61 Å². The minimum Gasteiger partial charge on any atom is -0.462 e. The van der Waals surface area contributed by atoms with Gasteiger partial charge in [0, 0.05) is 5.57 Å². The molecule has 2 nitrogen and oxygen atoms in total. The molecule has 0 aliphatic rings. The van der Waals surface area contributed by atoms with Gasteiger partial charge in [0.1, 0.15) is 0 Å². The first-order valence-corrected chi connectivity index (χ1v) is 4.38. The van der Waals surface area contributed by atoms with Crippen molar-refractivity contribution in [1.82, 2.24) is 0 Å². The first-order chi connectivity index (χ1) is 5.57. The zero-order chi connectivity index (χ0) is 9.56. The highest BCUT2D eigenvalue weighted by atomic mass is 16.5. The largest absolute Gasteiger partial charge is 0.462 e. The highest BCUT2D eigenvalue weighted by Gasteiger charge is 2.03. The molecule has 2 heteroatoms. The molecule has 0 radical (unpaired) electrons. The van der Waals surface area contributed by atoms with Gasteiger partial charge >= 0.3 is 5.97 Å². The Balaban J connectivity index is 3.58. The molecular formula is C10H18O2. The van der Waals surface area contributed by atoms with Gasteiger partial charge in [0.15, 0.2) is 0 Å². The van der Waals surface area contributed by atoms with E-state index in [0.717, 1.165) is 6.42 Å². The van der Waals surface area contributed by atoms with Crippen molar-refractivity contribution in [3.8, 4) is 0 Å². The van der Waals surface area contributed by atoms with Gasteiger partial charge in [-0.1, -0.05) is 19.9 Å². The molecule has 0 amide bonds. The summed E-state index contributed by atoms with van der Waals surface area (Å²) in [5, 5.41) is 0. The molecule has 0 N–H and O–H groups in total. The van der Waals surface area contributed by atoms with E-state index >= 15 is 0 Å². The second kappa shape index (κ2) is 5.81. The van der Waals surface area contributed by atoms with E-state index in [1.807, 2.05) is 6.92 Å². The Morgan fingerprint density at radius 2 is 2.08 bits per heavy atom. The second-order valence-electron chi connectivity index (χ2n) is 3.29. The molecule has 0 spiro atoms. The third-order valence-corrected chi connectivity index (χ3v) is 1.68. The SMILES string of the molecule is C/C=C(/C)C(=O)OCCC(C)C. The average Bonchev–Trinajstić information content (AvgIpc) is 2.02. The number of ether oxygens (including phenoxy) is 1. The van der Waals surface area contributed by atoms with Crippen molar-refractivity contribution in [2.24, 2.45) is 5.92 Å². The van der Waals surface area contributed by atoms with E-state index < -0.39 is 0 Å². The lowest BCUT2D eigenvalue weighted by atomic mass is 10.1. The fourth-order valence-corrected chi connectivity index (χ4v) is 0.619. The third-order valence-electron chi connectivity index (χ3n) is 1.68. The van der Waals surface area contributed by atoms with Gasteiger partial charge < -0.3 is 4.74 Å². The Morgan fingerprint density at radius 1 is 1.50 bits per heavy atom. The maximum Gasteiger partial charge on any atom is 0.333 e. The van der Waals surface area contributed by atoms with Crippen molar-refractivity contribution in [2.75, 3.05) is 6.61 Å². The van der Waals surface area contributed by atoms with Gasteiger partial charge in [0.25, 0.3) is 0 Å². The maximum atomic E-state index is 11.1. The van der Waals surface area contributed by atoms with Gasteiger partial charge in [-0.2, -0.15) is 0 Å². The van der Waals surface area contributed by atoms with Gasteiger partial charge in [0.2, 0.25) is 0 Å². The number of esters is 1. The summed E-state index contributed by atoms with van der Waals surface area (Å²) in [4.78, 5) is 11.1. The molecule has 0 aromatic carbocycles. The van der Waals surface area contributed by atoms with Crippen LogP contribution in [0.5, 0.6) is 0 Å². The molecule has 0 fully saturated rings. The predicted octanol–water partition coefficient (Wildman–Crippen LogP) is 2.54. The van der Waals surface area contributed by atoms with E-state index in [-0.39, 0.29) is 5.97 Å². The number of carbonyl (C=O) groups excluding carboxylic acids is 1. The summed E-state index contributed by atoms with van der Waals surface area (Å²) in [6, 6.07) is 0. The Hall–Kier alpha value is -0.790. The van der Waals surface area contributed by atoms with Crippen LogP contribution in [0.4, 0.5) is 0 Å². The quantitative estimate of drug-likeness (QED) is 0.478. The van der Waals surface area contributed by atoms with E-state index in [1.165, 1.54) is 0 Å². The molecule has 12 heavy (non-hydrogen) atoms. The molecule has 0 heterocycles. The molecule has 0 aromatic heterocycles. The summed E-state index contributed by atoms with van der Waals surface area (Å²) in [6.07, 6.45) is 2.69. The van der Waals surface area contributed by atoms with Crippen LogP contribution in [0.3, 0.4) is 0 Å². The Labute approximate surface area is 74.6 Å². The maximum absolute atomic E-state index is 11.1. The van der Waals surface area contributed by atoms with Crippen LogP contribution >= 0.6 is 0 Å². The molecule has 0 rings (SSSR count). The number of carbonyl (C=O) groups is 1. The Bertz CT molecular complexity index is 169. The zero-order valence-electron chi connectivity index (χ0n) is 8.39. The van der Waals surface area contributed by atoms with Crippen LogP contribution < -0.4 is 0 Å². The van der Waals surface area contributed by atoms with Crippen LogP contribution in [0.25, 0.3) is 0 Å². The minimum absolute atomic E-state index is 0.196. The first kappa shape index (κ1) is 11.2. The van der Waals surface area contributed by atoms with Crippen molar-refractivity contribution in [1.29, 1.82) is 0 Å². The molecule has 70 valence electrons. The lowest BCUT2D eigenvalue weighted by Gasteiger charge is -2.06. The van der Waals surface area contributed by atoms with Crippen molar-refractivity contribution in [3.63, 3.8) is 0 Å². The van der Waals surface area contributed by atoms with Crippen molar-refractivity contribution in [2.45, 2.75) is 34.1 Å². The van der Waals surface area contributed by atoms with Crippen LogP contribution in [0, 0.1) is 5.92 Å². The highest BCUT2D eigenvalue weighted by molar-refractivity contribution is 5.87. The van der Waals surface area contributed by atoms with Crippen LogP contribution in [0.2, 0.25) is 0 Å². The molecule has 0 aliphatic carbocycles. The predicted molar refractivity (Wildman–Crippen MR) is 49.8 cm³/mol. The standard InChI is InChI=1S/C10H18O2/c1-5-9(4)10(11)12-7-6-8(2)3/h5,8H,6-7H2,1-4H3/b9-5-. The Morgan fingerprint density at radius 3 is 2.50 bits per heavy atom. The Kier molecular flexibility index (Phi) is 5.43. The van der Waals surface area contributed by atoms with Crippen LogP contribution in [-0.4, -0.2) is 12.6 Å². The van der Waals surface area contributed by atoms with Crippen LogP contribution in [0.1, 0.15) is 34.1 Å². The summed E-state index contributed by atoms with van der Waals surface area (Å²) >= 11 is 0. The monoisotopic (exact) mass is 170 g/mol. The zero-order valence-corrected chi connectivity index (χ0v) is 8.39. The molecule has 0 aromatic rings. The lowest BCUT2D eigenvalue weighted by Crippen LogP contribution is -2.08. The smallest absolute Gasteiger partial charge is 0.333 e. The molecule has 0 aliphatic heterocycles. The van der Waals surface area contributed by atoms with E-state index in [2.05, 4.69) is 13.8 Å². The summed E-state index contributed by atoms with van der Waals surface area (Å²) in [5.41, 5.74) is 0.679. The molecular weight excluding hydrogens is 152 g/mol. The van der Waals surface area contributed by atoms with Crippen LogP contribution in [-0.2, 0) is 9.53 Å². The fraction of sp³-hybridized carbons (Fsp3) is 0.700. The van der Waals surface area contributed by atoms with Crippen molar-refractivity contribution in [3.05, 3.63) is 11.6 Å². The normalized spacial score (nSPS) is 11.9. The average molecular weight is 170 g/mol. The first-order valence-electron chi connectivity index (χ1n) is 4.38. The number of hydrogen-bond donors (Lipinski definition) is 0. The summed E-state index contributed by atoms with van der Waals surface area (Å²) in [5.74, 6) is 0.391. The van der Waals surface area contributed by atoms with Gasteiger partial charge in [-0.25, -0.2) is 4.79 Å². The molecule has 0 unspecified atom stereocenters. The number of allylic oxidation sites excluding steroid dienone is 1. The fourth-order valence-electron chi connectivity index (χ4n) is 0.619.